The average Bonchev–Trinajstić information content (AvgIpc) is 2.81. The number of phenolic OH excluding ortho intramolecular Hbond substituents is 1. The van der Waals surface area contributed by atoms with Crippen molar-refractivity contribution in [3.05, 3.63) is 52.0 Å². The van der Waals surface area contributed by atoms with Gasteiger partial charge in [-0.2, -0.15) is 11.3 Å². The van der Waals surface area contributed by atoms with Gasteiger partial charge in [0.05, 0.1) is 0 Å². The minimum Gasteiger partial charge on any atom is -0.508 e. The van der Waals surface area contributed by atoms with Crippen LogP contribution >= 0.6 is 11.3 Å². The fourth-order valence-electron chi connectivity index (χ4n) is 2.22. The first-order valence-corrected chi connectivity index (χ1v) is 7.26. The molecule has 2 N–H and O–H groups in total. The summed E-state index contributed by atoms with van der Waals surface area (Å²) in [5.41, 5.74) is 2.03. The van der Waals surface area contributed by atoms with Gasteiger partial charge in [0.2, 0.25) is 0 Å². The van der Waals surface area contributed by atoms with E-state index in [0.717, 1.165) is 18.1 Å². The second kappa shape index (κ2) is 6.17. The van der Waals surface area contributed by atoms with Gasteiger partial charge < -0.3 is 10.4 Å². The van der Waals surface area contributed by atoms with E-state index in [1.807, 2.05) is 6.92 Å². The Balaban J connectivity index is 1.98. The Bertz CT molecular complexity index is 527. The molecule has 0 spiro atoms. The Morgan fingerprint density at radius 2 is 2.11 bits per heavy atom. The molecule has 2 aromatic rings. The summed E-state index contributed by atoms with van der Waals surface area (Å²) in [5, 5.41) is 17.4. The summed E-state index contributed by atoms with van der Waals surface area (Å²) in [5.74, 6) is -0.414. The van der Waals surface area contributed by atoms with Gasteiger partial charge in [-0.15, -0.1) is 0 Å². The molecule has 2 unspecified atom stereocenters. The maximum absolute atomic E-state index is 12.9. The van der Waals surface area contributed by atoms with Crippen LogP contribution in [0.25, 0.3) is 0 Å². The van der Waals surface area contributed by atoms with Gasteiger partial charge in [0.25, 0.3) is 0 Å². The molecule has 0 saturated carbocycles. The summed E-state index contributed by atoms with van der Waals surface area (Å²) in [6.45, 7) is 4.08. The molecule has 19 heavy (non-hydrogen) atoms. The van der Waals surface area contributed by atoms with Crippen LogP contribution in [0, 0.1) is 5.82 Å². The number of halogens is 1. The lowest BCUT2D eigenvalue weighted by Gasteiger charge is -2.21. The van der Waals surface area contributed by atoms with Crippen LogP contribution in [0.3, 0.4) is 0 Å². The molecule has 0 bridgehead atoms. The third kappa shape index (κ3) is 3.78. The normalized spacial score (nSPS) is 14.3. The molecule has 2 rings (SSSR count). The standard InChI is InChI=1S/C15H18FNOS/c1-10(7-12-5-6-19-9-12)17-11(2)14-4-3-13(16)8-15(14)18/h3-6,8-11,17-18H,7H2,1-2H3. The van der Waals surface area contributed by atoms with Crippen molar-refractivity contribution >= 4 is 11.3 Å². The number of benzene rings is 1. The van der Waals surface area contributed by atoms with E-state index in [9.17, 15) is 9.50 Å². The SMILES string of the molecule is CC(Cc1ccsc1)NC(C)c1ccc(F)cc1O. The highest BCUT2D eigenvalue weighted by molar-refractivity contribution is 7.07. The minimum atomic E-state index is -0.417. The Kier molecular flexibility index (Phi) is 4.56. The zero-order chi connectivity index (χ0) is 13.8. The second-order valence-electron chi connectivity index (χ2n) is 4.83. The molecule has 4 heteroatoms. The van der Waals surface area contributed by atoms with Gasteiger partial charge in [-0.05, 0) is 48.7 Å². The van der Waals surface area contributed by atoms with E-state index in [-0.39, 0.29) is 17.8 Å². The number of nitrogens with one attached hydrogen (secondary N) is 1. The van der Waals surface area contributed by atoms with Gasteiger partial charge in [-0.25, -0.2) is 4.39 Å². The summed E-state index contributed by atoms with van der Waals surface area (Å²) in [4.78, 5) is 0. The van der Waals surface area contributed by atoms with Gasteiger partial charge >= 0.3 is 0 Å². The molecule has 102 valence electrons. The van der Waals surface area contributed by atoms with Gasteiger partial charge in [0.1, 0.15) is 11.6 Å². The Hall–Kier alpha value is -1.39. The fourth-order valence-corrected chi connectivity index (χ4v) is 2.90. The molecule has 2 atom stereocenters. The van der Waals surface area contributed by atoms with Gasteiger partial charge in [-0.3, -0.25) is 0 Å². The van der Waals surface area contributed by atoms with E-state index in [0.29, 0.717) is 0 Å². The molecule has 1 aromatic carbocycles. The maximum atomic E-state index is 12.9. The molecule has 2 nitrogen and oxygen atoms in total. The number of phenols is 1. The molecule has 0 aliphatic heterocycles. The zero-order valence-electron chi connectivity index (χ0n) is 11.1. The van der Waals surface area contributed by atoms with Crippen molar-refractivity contribution in [3.63, 3.8) is 0 Å². The molecule has 0 amide bonds. The first-order chi connectivity index (χ1) is 9.06. The zero-order valence-corrected chi connectivity index (χ0v) is 11.9. The van der Waals surface area contributed by atoms with Crippen molar-refractivity contribution in [2.45, 2.75) is 32.4 Å². The van der Waals surface area contributed by atoms with Crippen LogP contribution in [0.5, 0.6) is 5.75 Å². The molecule has 0 aliphatic carbocycles. The van der Waals surface area contributed by atoms with Crippen molar-refractivity contribution in [2.24, 2.45) is 0 Å². The molecule has 0 radical (unpaired) electrons. The molecule has 0 fully saturated rings. The van der Waals surface area contributed by atoms with Crippen LogP contribution in [0.1, 0.15) is 31.0 Å². The van der Waals surface area contributed by atoms with E-state index < -0.39 is 5.82 Å². The highest BCUT2D eigenvalue weighted by Crippen LogP contribution is 2.25. The summed E-state index contributed by atoms with van der Waals surface area (Å²) >= 11 is 1.69. The van der Waals surface area contributed by atoms with E-state index >= 15 is 0 Å². The summed E-state index contributed by atoms with van der Waals surface area (Å²) in [6, 6.07) is 6.53. The van der Waals surface area contributed by atoms with Gasteiger partial charge in [-0.1, -0.05) is 6.07 Å². The number of rotatable bonds is 5. The van der Waals surface area contributed by atoms with Crippen LogP contribution in [0.2, 0.25) is 0 Å². The van der Waals surface area contributed by atoms with Crippen molar-refractivity contribution in [2.75, 3.05) is 0 Å². The summed E-state index contributed by atoms with van der Waals surface area (Å²) < 4.78 is 12.9. The van der Waals surface area contributed by atoms with Crippen LogP contribution < -0.4 is 5.32 Å². The Morgan fingerprint density at radius 1 is 1.32 bits per heavy atom. The Labute approximate surface area is 116 Å². The van der Waals surface area contributed by atoms with Crippen molar-refractivity contribution in [1.82, 2.24) is 5.32 Å². The molecular weight excluding hydrogens is 261 g/mol. The number of hydrogen-bond acceptors (Lipinski definition) is 3. The van der Waals surface area contributed by atoms with Crippen LogP contribution in [0.15, 0.2) is 35.0 Å². The molecule has 1 heterocycles. The maximum Gasteiger partial charge on any atom is 0.126 e. The van der Waals surface area contributed by atoms with Crippen LogP contribution in [-0.4, -0.2) is 11.1 Å². The first kappa shape index (κ1) is 14.0. The number of thiophene rings is 1. The number of hydrogen-bond donors (Lipinski definition) is 2. The predicted octanol–water partition coefficient (Wildman–Crippen LogP) is 3.87. The minimum absolute atomic E-state index is 0.00253. The van der Waals surface area contributed by atoms with Gasteiger partial charge in [0, 0.05) is 23.7 Å². The third-order valence-electron chi connectivity index (χ3n) is 3.12. The summed E-state index contributed by atoms with van der Waals surface area (Å²) in [7, 11) is 0. The fraction of sp³-hybridized carbons (Fsp3) is 0.333. The molecule has 0 aliphatic rings. The largest absolute Gasteiger partial charge is 0.508 e. The van der Waals surface area contributed by atoms with E-state index in [1.54, 1.807) is 17.4 Å². The third-order valence-corrected chi connectivity index (χ3v) is 3.85. The molecular formula is C15H18FNOS. The second-order valence-corrected chi connectivity index (χ2v) is 5.61. The van der Waals surface area contributed by atoms with Crippen molar-refractivity contribution < 1.29 is 9.50 Å². The predicted molar refractivity (Wildman–Crippen MR) is 77.1 cm³/mol. The lowest BCUT2D eigenvalue weighted by atomic mass is 10.0. The monoisotopic (exact) mass is 279 g/mol. The Morgan fingerprint density at radius 3 is 2.74 bits per heavy atom. The van der Waals surface area contributed by atoms with E-state index in [1.165, 1.54) is 11.6 Å². The van der Waals surface area contributed by atoms with Gasteiger partial charge in [0.15, 0.2) is 0 Å². The van der Waals surface area contributed by atoms with Crippen molar-refractivity contribution in [3.8, 4) is 5.75 Å². The van der Waals surface area contributed by atoms with Crippen LogP contribution in [0.4, 0.5) is 4.39 Å². The lowest BCUT2D eigenvalue weighted by Crippen LogP contribution is -2.30. The summed E-state index contributed by atoms with van der Waals surface area (Å²) in [6.07, 6.45) is 0.940. The highest BCUT2D eigenvalue weighted by Gasteiger charge is 2.14. The van der Waals surface area contributed by atoms with E-state index in [2.05, 4.69) is 29.1 Å². The number of aromatic hydroxyl groups is 1. The quantitative estimate of drug-likeness (QED) is 0.870. The van der Waals surface area contributed by atoms with Crippen LogP contribution in [-0.2, 0) is 6.42 Å². The molecule has 1 aromatic heterocycles. The smallest absolute Gasteiger partial charge is 0.126 e. The topological polar surface area (TPSA) is 32.3 Å². The first-order valence-electron chi connectivity index (χ1n) is 6.32. The van der Waals surface area contributed by atoms with E-state index in [4.69, 9.17) is 0 Å². The molecule has 0 saturated heterocycles. The van der Waals surface area contributed by atoms with Crippen molar-refractivity contribution in [1.29, 1.82) is 0 Å². The average molecular weight is 279 g/mol. The lowest BCUT2D eigenvalue weighted by molar-refractivity contribution is 0.430. The highest BCUT2D eigenvalue weighted by atomic mass is 32.1.